The predicted octanol–water partition coefficient (Wildman–Crippen LogP) is 3.68. The third-order valence-electron chi connectivity index (χ3n) is 2.47. The first-order valence-corrected chi connectivity index (χ1v) is 6.85. The highest BCUT2D eigenvalue weighted by Crippen LogP contribution is 2.25. The second-order valence-electron chi connectivity index (χ2n) is 3.93. The van der Waals surface area contributed by atoms with Crippen molar-refractivity contribution in [2.75, 3.05) is 26.4 Å². The molecule has 0 atom stereocenters. The number of rotatable bonds is 9. The normalized spacial score (nSPS) is 10.1. The third-order valence-corrected chi connectivity index (χ3v) is 2.77. The lowest BCUT2D eigenvalue weighted by atomic mass is 10.2. The highest BCUT2D eigenvalue weighted by molar-refractivity contribution is 6.32. The van der Waals surface area contributed by atoms with Gasteiger partial charge in [0.15, 0.2) is 0 Å². The molecule has 1 N–H and O–H groups in total. The lowest BCUT2D eigenvalue weighted by Gasteiger charge is -2.09. The van der Waals surface area contributed by atoms with Gasteiger partial charge in [-0.2, -0.15) is 0 Å². The van der Waals surface area contributed by atoms with Crippen molar-refractivity contribution >= 4 is 24.0 Å². The Hall–Kier alpha value is -0.480. The van der Waals surface area contributed by atoms with Gasteiger partial charge in [0, 0.05) is 19.8 Å². The maximum absolute atomic E-state index is 6.12. The number of benzene rings is 1. The van der Waals surface area contributed by atoms with Crippen LogP contribution < -0.4 is 10.1 Å². The molecule has 1 aromatic carbocycles. The summed E-state index contributed by atoms with van der Waals surface area (Å²) in [6.45, 7) is 7.96. The number of ether oxygens (including phenoxy) is 2. The van der Waals surface area contributed by atoms with E-state index in [0.29, 0.717) is 11.6 Å². The molecule has 0 spiro atoms. The monoisotopic (exact) mass is 307 g/mol. The molecule has 0 bridgehead atoms. The van der Waals surface area contributed by atoms with E-state index in [4.69, 9.17) is 21.1 Å². The lowest BCUT2D eigenvalue weighted by molar-refractivity contribution is 0.144. The molecule has 1 rings (SSSR count). The van der Waals surface area contributed by atoms with Crippen LogP contribution >= 0.6 is 24.0 Å². The fraction of sp³-hybridized carbons (Fsp3) is 0.571. The maximum atomic E-state index is 6.12. The SMILES string of the molecule is CCOCCCNCc1ccc(OCC)c(Cl)c1.Cl. The summed E-state index contributed by atoms with van der Waals surface area (Å²) >= 11 is 6.12. The zero-order valence-corrected chi connectivity index (χ0v) is 13.1. The van der Waals surface area contributed by atoms with Gasteiger partial charge in [0.25, 0.3) is 0 Å². The first-order chi connectivity index (χ1) is 8.77. The Bertz CT molecular complexity index is 348. The minimum atomic E-state index is 0. The fourth-order valence-corrected chi connectivity index (χ4v) is 1.86. The molecule has 5 heteroatoms. The van der Waals surface area contributed by atoms with Gasteiger partial charge in [-0.15, -0.1) is 12.4 Å². The van der Waals surface area contributed by atoms with Crippen LogP contribution in [0, 0.1) is 0 Å². The Morgan fingerprint density at radius 2 is 2.00 bits per heavy atom. The van der Waals surface area contributed by atoms with Crippen LogP contribution in [0.15, 0.2) is 18.2 Å². The van der Waals surface area contributed by atoms with Crippen LogP contribution in [-0.2, 0) is 11.3 Å². The zero-order valence-electron chi connectivity index (χ0n) is 11.6. The van der Waals surface area contributed by atoms with Gasteiger partial charge in [-0.05, 0) is 44.5 Å². The summed E-state index contributed by atoms with van der Waals surface area (Å²) in [7, 11) is 0. The number of halogens is 2. The Morgan fingerprint density at radius 3 is 2.63 bits per heavy atom. The standard InChI is InChI=1S/C14H22ClNO2.ClH/c1-3-17-9-5-8-16-11-12-6-7-14(18-4-2)13(15)10-12;/h6-7,10,16H,3-5,8-9,11H2,1-2H3;1H. The van der Waals surface area contributed by atoms with Crippen LogP contribution in [0.1, 0.15) is 25.8 Å². The Balaban J connectivity index is 0.00000324. The topological polar surface area (TPSA) is 30.5 Å². The quantitative estimate of drug-likeness (QED) is 0.706. The van der Waals surface area contributed by atoms with Gasteiger partial charge in [0.2, 0.25) is 0 Å². The predicted molar refractivity (Wildman–Crippen MR) is 82.7 cm³/mol. The van der Waals surface area contributed by atoms with Crippen molar-refractivity contribution < 1.29 is 9.47 Å². The smallest absolute Gasteiger partial charge is 0.137 e. The second kappa shape index (κ2) is 11.4. The Labute approximate surface area is 127 Å². The molecule has 0 aromatic heterocycles. The highest BCUT2D eigenvalue weighted by atomic mass is 35.5. The van der Waals surface area contributed by atoms with E-state index in [2.05, 4.69) is 5.32 Å². The highest BCUT2D eigenvalue weighted by Gasteiger charge is 2.02. The molecule has 0 unspecified atom stereocenters. The van der Waals surface area contributed by atoms with Gasteiger partial charge < -0.3 is 14.8 Å². The molecule has 0 amide bonds. The van der Waals surface area contributed by atoms with Crippen LogP contribution in [0.4, 0.5) is 0 Å². The van der Waals surface area contributed by atoms with Crippen LogP contribution in [-0.4, -0.2) is 26.4 Å². The minimum absolute atomic E-state index is 0. The van der Waals surface area contributed by atoms with E-state index in [1.165, 1.54) is 5.56 Å². The van der Waals surface area contributed by atoms with Gasteiger partial charge in [0.1, 0.15) is 5.75 Å². The molecule has 0 heterocycles. The summed E-state index contributed by atoms with van der Waals surface area (Å²) in [5.41, 5.74) is 1.17. The molecular formula is C14H23Cl2NO2. The summed E-state index contributed by atoms with van der Waals surface area (Å²) in [6, 6.07) is 5.90. The first-order valence-electron chi connectivity index (χ1n) is 6.47. The van der Waals surface area contributed by atoms with E-state index in [9.17, 15) is 0 Å². The van der Waals surface area contributed by atoms with Crippen LogP contribution in [0.25, 0.3) is 0 Å². The van der Waals surface area contributed by atoms with Crippen LogP contribution in [0.2, 0.25) is 5.02 Å². The van der Waals surface area contributed by atoms with E-state index in [1.807, 2.05) is 32.0 Å². The average molecular weight is 308 g/mol. The molecule has 1 aromatic rings. The zero-order chi connectivity index (χ0) is 13.2. The molecule has 0 saturated heterocycles. The summed E-state index contributed by atoms with van der Waals surface area (Å²) < 4.78 is 10.7. The fourth-order valence-electron chi connectivity index (χ4n) is 1.60. The molecule has 0 saturated carbocycles. The van der Waals surface area contributed by atoms with E-state index in [-0.39, 0.29) is 12.4 Å². The molecule has 110 valence electrons. The number of nitrogens with one attached hydrogen (secondary N) is 1. The Morgan fingerprint density at radius 1 is 1.21 bits per heavy atom. The van der Waals surface area contributed by atoms with E-state index in [0.717, 1.165) is 38.5 Å². The van der Waals surface area contributed by atoms with Crippen molar-refractivity contribution in [1.29, 1.82) is 0 Å². The van der Waals surface area contributed by atoms with Gasteiger partial charge in [-0.1, -0.05) is 17.7 Å². The van der Waals surface area contributed by atoms with Gasteiger partial charge in [-0.3, -0.25) is 0 Å². The van der Waals surface area contributed by atoms with Gasteiger partial charge >= 0.3 is 0 Å². The summed E-state index contributed by atoms with van der Waals surface area (Å²) in [5, 5.41) is 4.03. The summed E-state index contributed by atoms with van der Waals surface area (Å²) in [4.78, 5) is 0. The molecule has 0 radical (unpaired) electrons. The maximum Gasteiger partial charge on any atom is 0.137 e. The minimum Gasteiger partial charge on any atom is -0.492 e. The molecule has 0 fully saturated rings. The molecule has 0 aliphatic carbocycles. The van der Waals surface area contributed by atoms with E-state index >= 15 is 0 Å². The Kier molecular flexibility index (Phi) is 11.1. The second-order valence-corrected chi connectivity index (χ2v) is 4.33. The molecular weight excluding hydrogens is 285 g/mol. The van der Waals surface area contributed by atoms with Crippen molar-refractivity contribution in [3.05, 3.63) is 28.8 Å². The molecule has 0 aliphatic rings. The van der Waals surface area contributed by atoms with Crippen molar-refractivity contribution in [2.24, 2.45) is 0 Å². The van der Waals surface area contributed by atoms with E-state index < -0.39 is 0 Å². The van der Waals surface area contributed by atoms with Crippen LogP contribution in [0.3, 0.4) is 0 Å². The van der Waals surface area contributed by atoms with Gasteiger partial charge in [-0.25, -0.2) is 0 Å². The average Bonchev–Trinajstić information content (AvgIpc) is 2.37. The van der Waals surface area contributed by atoms with Crippen molar-refractivity contribution in [1.82, 2.24) is 5.32 Å². The third kappa shape index (κ3) is 7.63. The van der Waals surface area contributed by atoms with Crippen molar-refractivity contribution in [2.45, 2.75) is 26.8 Å². The summed E-state index contributed by atoms with van der Waals surface area (Å²) in [6.07, 6.45) is 1.03. The van der Waals surface area contributed by atoms with Gasteiger partial charge in [0.05, 0.1) is 11.6 Å². The largest absolute Gasteiger partial charge is 0.492 e. The van der Waals surface area contributed by atoms with Crippen LogP contribution in [0.5, 0.6) is 5.75 Å². The first kappa shape index (κ1) is 18.5. The van der Waals surface area contributed by atoms with E-state index in [1.54, 1.807) is 0 Å². The number of hydrogen-bond donors (Lipinski definition) is 1. The lowest BCUT2D eigenvalue weighted by Crippen LogP contribution is -2.16. The van der Waals surface area contributed by atoms with Crippen molar-refractivity contribution in [3.63, 3.8) is 0 Å². The molecule has 19 heavy (non-hydrogen) atoms. The molecule has 3 nitrogen and oxygen atoms in total. The summed E-state index contributed by atoms with van der Waals surface area (Å²) in [5.74, 6) is 0.749. The molecule has 0 aliphatic heterocycles. The number of hydrogen-bond acceptors (Lipinski definition) is 3. The van der Waals surface area contributed by atoms with Crippen molar-refractivity contribution in [3.8, 4) is 5.75 Å².